The molecule has 1 rings (SSSR count). The molecule has 0 heterocycles. The maximum absolute atomic E-state index is 13.1. The van der Waals surface area contributed by atoms with Crippen LogP contribution in [0.1, 0.15) is 18.5 Å². The zero-order valence-electron chi connectivity index (χ0n) is 9.86. The Morgan fingerprint density at radius 1 is 1.35 bits per heavy atom. The summed E-state index contributed by atoms with van der Waals surface area (Å²) in [6.45, 7) is 2.69. The second-order valence-electron chi connectivity index (χ2n) is 3.66. The van der Waals surface area contributed by atoms with Gasteiger partial charge in [0, 0.05) is 17.7 Å². The van der Waals surface area contributed by atoms with Crippen LogP contribution in [0.4, 0.5) is 4.39 Å². The number of nitrogens with two attached hydrogens (primary N) is 1. The molecule has 1 aromatic carbocycles. The molecule has 0 fully saturated rings. The molecule has 3 N–H and O–H groups in total. The fraction of sp³-hybridized carbons (Fsp3) is 0.500. The first-order valence-electron chi connectivity index (χ1n) is 5.51. The van der Waals surface area contributed by atoms with Crippen molar-refractivity contribution in [1.29, 1.82) is 0 Å². The standard InChI is InChI=1S/C12H18FNO3/c1-9(14)11-3-2-10(13)8-12(11)17-7-6-16-5-4-15/h2-3,8-9,15H,4-7,14H2,1H3/t9-/m1/s1. The van der Waals surface area contributed by atoms with E-state index in [1.165, 1.54) is 12.1 Å². The quantitative estimate of drug-likeness (QED) is 0.707. The Bertz CT molecular complexity index is 345. The van der Waals surface area contributed by atoms with Crippen LogP contribution in [0.5, 0.6) is 5.75 Å². The molecule has 0 aromatic heterocycles. The Morgan fingerprint density at radius 2 is 2.12 bits per heavy atom. The monoisotopic (exact) mass is 243 g/mol. The van der Waals surface area contributed by atoms with Crippen LogP contribution in [0.2, 0.25) is 0 Å². The Labute approximate surface area is 100 Å². The summed E-state index contributed by atoms with van der Waals surface area (Å²) in [6, 6.07) is 4.06. The van der Waals surface area contributed by atoms with E-state index in [0.29, 0.717) is 19.0 Å². The van der Waals surface area contributed by atoms with Crippen LogP contribution in [0.15, 0.2) is 18.2 Å². The van der Waals surface area contributed by atoms with Crippen molar-refractivity contribution in [2.24, 2.45) is 5.73 Å². The Kier molecular flexibility index (Phi) is 5.90. The summed E-state index contributed by atoms with van der Waals surface area (Å²) in [5.41, 5.74) is 6.51. The largest absolute Gasteiger partial charge is 0.491 e. The Morgan fingerprint density at radius 3 is 2.76 bits per heavy atom. The van der Waals surface area contributed by atoms with Gasteiger partial charge in [-0.3, -0.25) is 0 Å². The lowest BCUT2D eigenvalue weighted by Gasteiger charge is -2.14. The summed E-state index contributed by atoms with van der Waals surface area (Å²) in [6.07, 6.45) is 0. The van der Waals surface area contributed by atoms with Crippen LogP contribution in [0.3, 0.4) is 0 Å². The highest BCUT2D eigenvalue weighted by Crippen LogP contribution is 2.24. The van der Waals surface area contributed by atoms with Crippen molar-refractivity contribution in [2.45, 2.75) is 13.0 Å². The zero-order chi connectivity index (χ0) is 12.7. The molecular formula is C12H18FNO3. The molecule has 0 unspecified atom stereocenters. The van der Waals surface area contributed by atoms with Gasteiger partial charge in [-0.2, -0.15) is 0 Å². The van der Waals surface area contributed by atoms with E-state index in [-0.39, 0.29) is 25.1 Å². The average molecular weight is 243 g/mol. The van der Waals surface area contributed by atoms with Gasteiger partial charge in [0.2, 0.25) is 0 Å². The van der Waals surface area contributed by atoms with Crippen LogP contribution < -0.4 is 10.5 Å². The Balaban J connectivity index is 2.53. The number of hydrogen-bond acceptors (Lipinski definition) is 4. The van der Waals surface area contributed by atoms with E-state index in [4.69, 9.17) is 20.3 Å². The number of rotatable bonds is 7. The third kappa shape index (κ3) is 4.68. The summed E-state index contributed by atoms with van der Waals surface area (Å²) in [5, 5.41) is 8.50. The fourth-order valence-electron chi connectivity index (χ4n) is 1.39. The second kappa shape index (κ2) is 7.21. The van der Waals surface area contributed by atoms with Crippen LogP contribution in [-0.4, -0.2) is 31.5 Å². The highest BCUT2D eigenvalue weighted by atomic mass is 19.1. The summed E-state index contributed by atoms with van der Waals surface area (Å²) in [5.74, 6) is 0.0771. The molecule has 0 aliphatic heterocycles. The topological polar surface area (TPSA) is 64.7 Å². The fourth-order valence-corrected chi connectivity index (χ4v) is 1.39. The number of aliphatic hydroxyl groups excluding tert-OH is 1. The van der Waals surface area contributed by atoms with Gasteiger partial charge in [-0.05, 0) is 13.0 Å². The molecule has 5 heteroatoms. The van der Waals surface area contributed by atoms with Crippen molar-refractivity contribution in [2.75, 3.05) is 26.4 Å². The third-order valence-electron chi connectivity index (χ3n) is 2.19. The van der Waals surface area contributed by atoms with Gasteiger partial charge >= 0.3 is 0 Å². The predicted molar refractivity (Wildman–Crippen MR) is 62.4 cm³/mol. The number of ether oxygens (including phenoxy) is 2. The Hall–Kier alpha value is -1.17. The highest BCUT2D eigenvalue weighted by Gasteiger charge is 2.09. The van der Waals surface area contributed by atoms with Crippen molar-refractivity contribution in [1.82, 2.24) is 0 Å². The number of aliphatic hydroxyl groups is 1. The second-order valence-corrected chi connectivity index (χ2v) is 3.66. The molecule has 0 saturated carbocycles. The molecule has 1 atom stereocenters. The van der Waals surface area contributed by atoms with Crippen molar-refractivity contribution in [3.8, 4) is 5.75 Å². The van der Waals surface area contributed by atoms with E-state index in [2.05, 4.69) is 0 Å². The summed E-state index contributed by atoms with van der Waals surface area (Å²) in [7, 11) is 0. The molecule has 96 valence electrons. The minimum atomic E-state index is -0.360. The molecule has 0 amide bonds. The van der Waals surface area contributed by atoms with E-state index in [1.54, 1.807) is 6.07 Å². The lowest BCUT2D eigenvalue weighted by Crippen LogP contribution is -2.12. The zero-order valence-corrected chi connectivity index (χ0v) is 9.86. The molecule has 0 aliphatic carbocycles. The van der Waals surface area contributed by atoms with E-state index in [0.717, 1.165) is 5.56 Å². The van der Waals surface area contributed by atoms with Crippen molar-refractivity contribution >= 4 is 0 Å². The number of halogens is 1. The minimum absolute atomic E-state index is 0.0228. The van der Waals surface area contributed by atoms with Crippen molar-refractivity contribution in [3.05, 3.63) is 29.6 Å². The first kappa shape index (κ1) is 13.9. The van der Waals surface area contributed by atoms with Gasteiger partial charge in [-0.1, -0.05) is 6.07 Å². The lowest BCUT2D eigenvalue weighted by molar-refractivity contribution is 0.0702. The number of benzene rings is 1. The summed E-state index contributed by atoms with van der Waals surface area (Å²) in [4.78, 5) is 0. The molecule has 0 radical (unpaired) electrons. The van der Waals surface area contributed by atoms with E-state index in [9.17, 15) is 4.39 Å². The normalized spacial score (nSPS) is 12.5. The molecule has 4 nitrogen and oxygen atoms in total. The van der Waals surface area contributed by atoms with Gasteiger partial charge in [0.05, 0.1) is 19.8 Å². The maximum atomic E-state index is 13.1. The van der Waals surface area contributed by atoms with Gasteiger partial charge in [-0.25, -0.2) is 4.39 Å². The average Bonchev–Trinajstić information content (AvgIpc) is 2.28. The van der Waals surface area contributed by atoms with Gasteiger partial charge in [0.1, 0.15) is 18.2 Å². The third-order valence-corrected chi connectivity index (χ3v) is 2.19. The smallest absolute Gasteiger partial charge is 0.127 e. The van der Waals surface area contributed by atoms with Crippen molar-refractivity contribution in [3.63, 3.8) is 0 Å². The van der Waals surface area contributed by atoms with Crippen LogP contribution in [-0.2, 0) is 4.74 Å². The number of hydrogen-bond donors (Lipinski definition) is 2. The molecular weight excluding hydrogens is 225 g/mol. The first-order valence-corrected chi connectivity index (χ1v) is 5.51. The van der Waals surface area contributed by atoms with Crippen LogP contribution in [0, 0.1) is 5.82 Å². The van der Waals surface area contributed by atoms with Crippen LogP contribution in [0.25, 0.3) is 0 Å². The van der Waals surface area contributed by atoms with Crippen LogP contribution >= 0.6 is 0 Å². The lowest BCUT2D eigenvalue weighted by atomic mass is 10.1. The van der Waals surface area contributed by atoms with Gasteiger partial charge in [0.15, 0.2) is 0 Å². The molecule has 0 aliphatic rings. The molecule has 0 spiro atoms. The van der Waals surface area contributed by atoms with E-state index >= 15 is 0 Å². The van der Waals surface area contributed by atoms with E-state index < -0.39 is 0 Å². The SMILES string of the molecule is C[C@@H](N)c1ccc(F)cc1OCCOCCO. The first-order chi connectivity index (χ1) is 8.15. The van der Waals surface area contributed by atoms with Gasteiger partial charge < -0.3 is 20.3 Å². The predicted octanol–water partition coefficient (Wildman–Crippen LogP) is 1.23. The summed E-state index contributed by atoms with van der Waals surface area (Å²) >= 11 is 0. The maximum Gasteiger partial charge on any atom is 0.127 e. The molecule has 1 aromatic rings. The van der Waals surface area contributed by atoms with Gasteiger partial charge in [0.25, 0.3) is 0 Å². The minimum Gasteiger partial charge on any atom is -0.491 e. The van der Waals surface area contributed by atoms with Crippen molar-refractivity contribution < 1.29 is 19.0 Å². The highest BCUT2D eigenvalue weighted by molar-refractivity contribution is 5.36. The molecule has 17 heavy (non-hydrogen) atoms. The van der Waals surface area contributed by atoms with E-state index in [1.807, 2.05) is 6.92 Å². The molecule has 0 bridgehead atoms. The molecule has 0 saturated heterocycles. The van der Waals surface area contributed by atoms with Gasteiger partial charge in [-0.15, -0.1) is 0 Å². The summed E-state index contributed by atoms with van der Waals surface area (Å²) < 4.78 is 23.5.